The normalized spacial score (nSPS) is 12.7. The first kappa shape index (κ1) is 23.7. The maximum absolute atomic E-state index is 13.1. The van der Waals surface area contributed by atoms with Gasteiger partial charge in [0.25, 0.3) is 0 Å². The van der Waals surface area contributed by atoms with E-state index in [2.05, 4.69) is 10.4 Å². The van der Waals surface area contributed by atoms with Crippen LogP contribution in [0.15, 0.2) is 53.6 Å². The Morgan fingerprint density at radius 3 is 2.62 bits per heavy atom. The molecule has 8 nitrogen and oxygen atoms in total. The van der Waals surface area contributed by atoms with Gasteiger partial charge in [-0.1, -0.05) is 18.2 Å². The zero-order valence-electron chi connectivity index (χ0n) is 19.5. The van der Waals surface area contributed by atoms with Gasteiger partial charge in [0.1, 0.15) is 16.5 Å². The summed E-state index contributed by atoms with van der Waals surface area (Å²) in [6.45, 7) is 2.81. The summed E-state index contributed by atoms with van der Waals surface area (Å²) in [4.78, 5) is 27.3. The van der Waals surface area contributed by atoms with Gasteiger partial charge in [0.05, 0.1) is 31.3 Å². The molecule has 3 aromatic rings. The van der Waals surface area contributed by atoms with Gasteiger partial charge in [0.2, 0.25) is 11.8 Å². The molecule has 34 heavy (non-hydrogen) atoms. The summed E-state index contributed by atoms with van der Waals surface area (Å²) < 4.78 is 12.5. The van der Waals surface area contributed by atoms with Crippen molar-refractivity contribution >= 4 is 29.3 Å². The molecule has 1 aliphatic heterocycles. The molecule has 1 aliphatic rings. The summed E-state index contributed by atoms with van der Waals surface area (Å²) in [6.07, 6.45) is 0.233. The second-order valence-electron chi connectivity index (χ2n) is 7.83. The van der Waals surface area contributed by atoms with Crippen molar-refractivity contribution in [3.05, 3.63) is 59.8 Å². The fourth-order valence-corrected chi connectivity index (χ4v) is 5.07. The van der Waals surface area contributed by atoms with Crippen molar-refractivity contribution < 1.29 is 19.1 Å². The standard InChI is InChI=1S/C25H28N4O4S/c1-17-24-25(29(27-17)19-7-5-4-6-8-19)34-14-13-28(24)23(31)12-11-22(30)26-16-18-15-20(32-2)9-10-21(18)33-3/h4-10,15H,11-14,16H2,1-3H3,(H,26,30). The molecule has 0 saturated carbocycles. The van der Waals surface area contributed by atoms with Crippen LogP contribution in [-0.4, -0.2) is 48.1 Å². The quantitative estimate of drug-likeness (QED) is 0.529. The molecule has 2 aromatic carbocycles. The molecule has 0 unspecified atom stereocenters. The number of methoxy groups -OCH3 is 2. The van der Waals surface area contributed by atoms with Gasteiger partial charge in [-0.2, -0.15) is 5.10 Å². The Labute approximate surface area is 203 Å². The molecular weight excluding hydrogens is 452 g/mol. The summed E-state index contributed by atoms with van der Waals surface area (Å²) in [5.41, 5.74) is 3.41. The zero-order chi connectivity index (χ0) is 24.1. The molecular formula is C25H28N4O4S. The Hall–Kier alpha value is -3.46. The Bertz CT molecular complexity index is 1180. The van der Waals surface area contributed by atoms with Crippen LogP contribution in [0.3, 0.4) is 0 Å². The molecule has 178 valence electrons. The number of carbonyl (C=O) groups is 2. The average Bonchev–Trinajstić information content (AvgIpc) is 3.22. The Morgan fingerprint density at radius 1 is 1.09 bits per heavy atom. The van der Waals surface area contributed by atoms with E-state index >= 15 is 0 Å². The van der Waals surface area contributed by atoms with Crippen LogP contribution in [0.4, 0.5) is 5.69 Å². The number of aryl methyl sites for hydroxylation is 1. The van der Waals surface area contributed by atoms with E-state index < -0.39 is 0 Å². The lowest BCUT2D eigenvalue weighted by molar-refractivity contribution is -0.125. The van der Waals surface area contributed by atoms with Gasteiger partial charge in [0, 0.05) is 37.2 Å². The lowest BCUT2D eigenvalue weighted by Gasteiger charge is -2.27. The molecule has 0 fully saturated rings. The number of benzene rings is 2. The van der Waals surface area contributed by atoms with Crippen LogP contribution in [0.5, 0.6) is 11.5 Å². The van der Waals surface area contributed by atoms with Crippen LogP contribution < -0.4 is 19.7 Å². The smallest absolute Gasteiger partial charge is 0.227 e. The van der Waals surface area contributed by atoms with Crippen molar-refractivity contribution in [1.82, 2.24) is 15.1 Å². The number of carbonyl (C=O) groups excluding carboxylic acids is 2. The number of rotatable bonds is 8. The third-order valence-electron chi connectivity index (χ3n) is 5.64. The van der Waals surface area contributed by atoms with Crippen LogP contribution in [0, 0.1) is 6.92 Å². The minimum atomic E-state index is -0.193. The van der Waals surface area contributed by atoms with Crippen molar-refractivity contribution in [3.63, 3.8) is 0 Å². The van der Waals surface area contributed by atoms with E-state index in [1.54, 1.807) is 43.0 Å². The van der Waals surface area contributed by atoms with Crippen molar-refractivity contribution in [2.24, 2.45) is 0 Å². The van der Waals surface area contributed by atoms with E-state index in [4.69, 9.17) is 9.47 Å². The Kier molecular flexibility index (Phi) is 7.42. The molecule has 0 atom stereocenters. The fraction of sp³-hybridized carbons (Fsp3) is 0.320. The molecule has 1 aromatic heterocycles. The summed E-state index contributed by atoms with van der Waals surface area (Å²) >= 11 is 1.69. The lowest BCUT2D eigenvalue weighted by Crippen LogP contribution is -2.36. The summed E-state index contributed by atoms with van der Waals surface area (Å²) in [6, 6.07) is 15.3. The first-order valence-electron chi connectivity index (χ1n) is 11.1. The largest absolute Gasteiger partial charge is 0.497 e. The number of aromatic nitrogens is 2. The monoisotopic (exact) mass is 480 g/mol. The van der Waals surface area contributed by atoms with Gasteiger partial charge >= 0.3 is 0 Å². The van der Waals surface area contributed by atoms with Crippen LogP contribution in [0.25, 0.3) is 5.69 Å². The molecule has 0 spiro atoms. The van der Waals surface area contributed by atoms with E-state index in [0.29, 0.717) is 24.6 Å². The summed E-state index contributed by atoms with van der Waals surface area (Å²) in [5, 5.41) is 8.51. The highest BCUT2D eigenvalue weighted by Crippen LogP contribution is 2.39. The minimum absolute atomic E-state index is 0.0774. The first-order chi connectivity index (χ1) is 16.5. The van der Waals surface area contributed by atoms with Crippen molar-refractivity contribution in [2.75, 3.05) is 31.4 Å². The molecule has 2 amide bonds. The number of hydrogen-bond donors (Lipinski definition) is 1. The number of nitrogens with zero attached hydrogens (tertiary/aromatic N) is 3. The number of nitrogens with one attached hydrogen (secondary N) is 1. The van der Waals surface area contributed by atoms with Crippen LogP contribution in [0.1, 0.15) is 24.1 Å². The molecule has 1 N–H and O–H groups in total. The second kappa shape index (κ2) is 10.6. The van der Waals surface area contributed by atoms with Crippen molar-refractivity contribution in [3.8, 4) is 17.2 Å². The number of ether oxygens (including phenoxy) is 2. The van der Waals surface area contributed by atoms with E-state index in [1.165, 1.54) is 0 Å². The number of hydrogen-bond acceptors (Lipinski definition) is 6. The molecule has 4 rings (SSSR count). The highest BCUT2D eigenvalue weighted by atomic mass is 32.2. The molecule has 0 radical (unpaired) electrons. The zero-order valence-corrected chi connectivity index (χ0v) is 20.4. The van der Waals surface area contributed by atoms with Gasteiger partial charge < -0.3 is 19.7 Å². The molecule has 0 aliphatic carbocycles. The minimum Gasteiger partial charge on any atom is -0.497 e. The van der Waals surface area contributed by atoms with Gasteiger partial charge in [-0.05, 0) is 37.3 Å². The van der Waals surface area contributed by atoms with Gasteiger partial charge in [0.15, 0.2) is 0 Å². The maximum atomic E-state index is 13.1. The SMILES string of the molecule is COc1ccc(OC)c(CNC(=O)CCC(=O)N2CCSc3c2c(C)nn3-c2ccccc2)c1. The Morgan fingerprint density at radius 2 is 1.88 bits per heavy atom. The first-order valence-corrected chi connectivity index (χ1v) is 12.1. The molecule has 2 heterocycles. The van der Waals surface area contributed by atoms with Gasteiger partial charge in [-0.25, -0.2) is 4.68 Å². The molecule has 0 bridgehead atoms. The van der Waals surface area contributed by atoms with Gasteiger partial charge in [-0.3, -0.25) is 9.59 Å². The van der Waals surface area contributed by atoms with Crippen LogP contribution in [0.2, 0.25) is 0 Å². The fourth-order valence-electron chi connectivity index (χ4n) is 3.93. The van der Waals surface area contributed by atoms with Crippen molar-refractivity contribution in [1.29, 1.82) is 0 Å². The number of fused-ring (bicyclic) bond motifs is 1. The van der Waals surface area contributed by atoms with E-state index in [0.717, 1.165) is 33.4 Å². The predicted molar refractivity (Wildman–Crippen MR) is 132 cm³/mol. The van der Waals surface area contributed by atoms with Crippen LogP contribution in [-0.2, 0) is 16.1 Å². The highest BCUT2D eigenvalue weighted by Gasteiger charge is 2.29. The third-order valence-corrected chi connectivity index (χ3v) is 6.67. The van der Waals surface area contributed by atoms with E-state index in [1.807, 2.05) is 48.0 Å². The lowest BCUT2D eigenvalue weighted by atomic mass is 10.1. The second-order valence-corrected chi connectivity index (χ2v) is 8.92. The topological polar surface area (TPSA) is 85.7 Å². The maximum Gasteiger partial charge on any atom is 0.227 e. The molecule has 0 saturated heterocycles. The highest BCUT2D eigenvalue weighted by molar-refractivity contribution is 7.99. The number of thioether (sulfide) groups is 1. The van der Waals surface area contributed by atoms with Crippen LogP contribution >= 0.6 is 11.8 Å². The number of amides is 2. The summed E-state index contributed by atoms with van der Waals surface area (Å²) in [5.74, 6) is 1.86. The van der Waals surface area contributed by atoms with Crippen molar-refractivity contribution in [2.45, 2.75) is 31.3 Å². The Balaban J connectivity index is 1.39. The number of para-hydroxylation sites is 1. The predicted octanol–water partition coefficient (Wildman–Crippen LogP) is 3.73. The average molecular weight is 481 g/mol. The summed E-state index contributed by atoms with van der Waals surface area (Å²) in [7, 11) is 3.17. The van der Waals surface area contributed by atoms with E-state index in [-0.39, 0.29) is 24.7 Å². The number of anilines is 1. The third kappa shape index (κ3) is 5.04. The molecule has 9 heteroatoms. The van der Waals surface area contributed by atoms with E-state index in [9.17, 15) is 9.59 Å². The van der Waals surface area contributed by atoms with Gasteiger partial charge in [-0.15, -0.1) is 11.8 Å².